The van der Waals surface area contributed by atoms with E-state index in [-0.39, 0.29) is 11.4 Å². The van der Waals surface area contributed by atoms with Crippen molar-refractivity contribution in [3.63, 3.8) is 0 Å². The number of halogens is 2. The van der Waals surface area contributed by atoms with Gasteiger partial charge in [-0.1, -0.05) is 0 Å². The zero-order valence-electron chi connectivity index (χ0n) is 10.7. The summed E-state index contributed by atoms with van der Waals surface area (Å²) in [5.41, 5.74) is 0.0525. The average molecular weight is 332 g/mol. The SMILES string of the molecule is CC(=O)Nc1cc(F)c(S(=O)(=O)Nc2ccsc2)c(F)c1. The molecule has 0 aliphatic rings. The van der Waals surface area contributed by atoms with Gasteiger partial charge in [0.15, 0.2) is 4.90 Å². The van der Waals surface area contributed by atoms with Crippen LogP contribution in [0.2, 0.25) is 0 Å². The van der Waals surface area contributed by atoms with Gasteiger partial charge in [-0.05, 0) is 23.6 Å². The van der Waals surface area contributed by atoms with E-state index in [1.807, 2.05) is 0 Å². The molecule has 0 bridgehead atoms. The number of carbonyl (C=O) groups is 1. The monoisotopic (exact) mass is 332 g/mol. The van der Waals surface area contributed by atoms with Crippen molar-refractivity contribution in [2.45, 2.75) is 11.8 Å². The Balaban J connectivity index is 2.41. The fourth-order valence-electron chi connectivity index (χ4n) is 1.62. The number of thiophene rings is 1. The molecule has 2 aromatic rings. The standard InChI is InChI=1S/C12H10F2N2O3S2/c1-7(17)15-9-4-10(13)12(11(14)5-9)21(18,19)16-8-2-3-20-6-8/h2-6,16H,1H3,(H,15,17). The van der Waals surface area contributed by atoms with Crippen LogP contribution in [0.25, 0.3) is 0 Å². The van der Waals surface area contributed by atoms with Crippen molar-refractivity contribution >= 4 is 38.6 Å². The van der Waals surface area contributed by atoms with E-state index < -0.39 is 32.5 Å². The highest BCUT2D eigenvalue weighted by molar-refractivity contribution is 7.92. The molecular weight excluding hydrogens is 322 g/mol. The van der Waals surface area contributed by atoms with Gasteiger partial charge in [-0.25, -0.2) is 17.2 Å². The Morgan fingerprint density at radius 3 is 2.29 bits per heavy atom. The van der Waals surface area contributed by atoms with Gasteiger partial charge in [0, 0.05) is 18.0 Å². The van der Waals surface area contributed by atoms with Crippen LogP contribution in [0.4, 0.5) is 20.2 Å². The predicted octanol–water partition coefficient (Wildman–Crippen LogP) is 2.79. The molecule has 5 nitrogen and oxygen atoms in total. The minimum absolute atomic E-state index is 0.160. The highest BCUT2D eigenvalue weighted by Gasteiger charge is 2.25. The molecule has 2 rings (SSSR count). The molecule has 1 amide bonds. The van der Waals surface area contributed by atoms with E-state index in [4.69, 9.17) is 0 Å². The van der Waals surface area contributed by atoms with Crippen LogP contribution in [-0.4, -0.2) is 14.3 Å². The van der Waals surface area contributed by atoms with E-state index in [0.29, 0.717) is 0 Å². The summed E-state index contributed by atoms with van der Waals surface area (Å²) in [4.78, 5) is 9.75. The first-order chi connectivity index (χ1) is 9.79. The number of anilines is 2. The fourth-order valence-corrected chi connectivity index (χ4v) is 3.45. The minimum atomic E-state index is -4.40. The van der Waals surface area contributed by atoms with Crippen molar-refractivity contribution in [1.82, 2.24) is 0 Å². The van der Waals surface area contributed by atoms with Crippen LogP contribution in [0.3, 0.4) is 0 Å². The predicted molar refractivity (Wildman–Crippen MR) is 75.8 cm³/mol. The first-order valence-corrected chi connectivity index (χ1v) is 8.04. The smallest absolute Gasteiger partial charge is 0.267 e. The Morgan fingerprint density at radius 2 is 1.81 bits per heavy atom. The quantitative estimate of drug-likeness (QED) is 0.904. The number of carbonyl (C=O) groups excluding carboxylic acids is 1. The first kappa shape index (κ1) is 15.4. The summed E-state index contributed by atoms with van der Waals surface area (Å²) in [6.45, 7) is 1.17. The molecule has 0 fully saturated rings. The molecule has 0 saturated heterocycles. The molecule has 1 heterocycles. The number of sulfonamides is 1. The lowest BCUT2D eigenvalue weighted by Gasteiger charge is -2.10. The average Bonchev–Trinajstić information content (AvgIpc) is 2.78. The van der Waals surface area contributed by atoms with Crippen LogP contribution >= 0.6 is 11.3 Å². The Morgan fingerprint density at radius 1 is 1.19 bits per heavy atom. The van der Waals surface area contributed by atoms with Gasteiger partial charge in [-0.15, -0.1) is 0 Å². The van der Waals surface area contributed by atoms with Gasteiger partial charge >= 0.3 is 0 Å². The Labute approximate surface area is 123 Å². The molecular formula is C12H10F2N2O3S2. The molecule has 0 aliphatic carbocycles. The number of rotatable bonds is 4. The van der Waals surface area contributed by atoms with Crippen molar-refractivity contribution in [3.8, 4) is 0 Å². The summed E-state index contributed by atoms with van der Waals surface area (Å²) in [6, 6.07) is 2.95. The molecule has 0 atom stereocenters. The third kappa shape index (κ3) is 3.56. The second-order valence-corrected chi connectivity index (χ2v) is 6.47. The number of hydrogen-bond donors (Lipinski definition) is 2. The maximum Gasteiger partial charge on any atom is 0.267 e. The van der Waals surface area contributed by atoms with Crippen LogP contribution in [0.1, 0.15) is 6.92 Å². The Kier molecular flexibility index (Phi) is 4.24. The van der Waals surface area contributed by atoms with E-state index in [0.717, 1.165) is 12.1 Å². The molecule has 21 heavy (non-hydrogen) atoms. The summed E-state index contributed by atoms with van der Waals surface area (Å²) < 4.78 is 53.8. The summed E-state index contributed by atoms with van der Waals surface area (Å²) in [6.07, 6.45) is 0. The van der Waals surface area contributed by atoms with Crippen molar-refractivity contribution in [2.75, 3.05) is 10.0 Å². The zero-order valence-corrected chi connectivity index (χ0v) is 12.3. The summed E-state index contributed by atoms with van der Waals surface area (Å²) in [7, 11) is -4.40. The van der Waals surface area contributed by atoms with E-state index in [2.05, 4.69) is 10.0 Å². The van der Waals surface area contributed by atoms with Crippen molar-refractivity contribution < 1.29 is 22.0 Å². The van der Waals surface area contributed by atoms with Crippen molar-refractivity contribution in [2.24, 2.45) is 0 Å². The number of benzene rings is 1. The van der Waals surface area contributed by atoms with Gasteiger partial charge in [0.2, 0.25) is 5.91 Å². The fraction of sp³-hybridized carbons (Fsp3) is 0.0833. The first-order valence-electron chi connectivity index (χ1n) is 5.61. The van der Waals surface area contributed by atoms with Crippen LogP contribution in [0.5, 0.6) is 0 Å². The molecule has 1 aromatic heterocycles. The van der Waals surface area contributed by atoms with Crippen LogP contribution in [0, 0.1) is 11.6 Å². The lowest BCUT2D eigenvalue weighted by atomic mass is 10.3. The molecule has 0 aliphatic heterocycles. The van der Waals surface area contributed by atoms with Crippen molar-refractivity contribution in [3.05, 3.63) is 40.6 Å². The number of nitrogens with one attached hydrogen (secondary N) is 2. The van der Waals surface area contributed by atoms with Crippen LogP contribution < -0.4 is 10.0 Å². The highest BCUT2D eigenvalue weighted by atomic mass is 32.2. The minimum Gasteiger partial charge on any atom is -0.326 e. The zero-order chi connectivity index (χ0) is 15.6. The van der Waals surface area contributed by atoms with Gasteiger partial charge < -0.3 is 5.32 Å². The maximum atomic E-state index is 13.9. The number of hydrogen-bond acceptors (Lipinski definition) is 4. The van der Waals surface area contributed by atoms with Gasteiger partial charge in [0.05, 0.1) is 5.69 Å². The summed E-state index contributed by atoms with van der Waals surface area (Å²) >= 11 is 1.23. The van der Waals surface area contributed by atoms with Crippen LogP contribution in [0.15, 0.2) is 33.9 Å². The molecule has 0 radical (unpaired) electrons. The second kappa shape index (κ2) is 5.78. The molecule has 9 heteroatoms. The normalized spacial score (nSPS) is 11.2. The molecule has 2 N–H and O–H groups in total. The highest BCUT2D eigenvalue weighted by Crippen LogP contribution is 2.26. The van der Waals surface area contributed by atoms with E-state index >= 15 is 0 Å². The third-order valence-corrected chi connectivity index (χ3v) is 4.48. The van der Waals surface area contributed by atoms with Gasteiger partial charge in [-0.2, -0.15) is 11.3 Å². The van der Waals surface area contributed by atoms with Gasteiger partial charge in [0.25, 0.3) is 10.0 Å². The third-order valence-electron chi connectivity index (χ3n) is 2.36. The number of amides is 1. The van der Waals surface area contributed by atoms with Gasteiger partial charge in [-0.3, -0.25) is 9.52 Å². The summed E-state index contributed by atoms with van der Waals surface area (Å²) in [5, 5.41) is 5.28. The second-order valence-electron chi connectivity index (χ2n) is 4.07. The Hall–Kier alpha value is -2.00. The molecule has 0 unspecified atom stereocenters. The molecule has 112 valence electrons. The lowest BCUT2D eigenvalue weighted by Crippen LogP contribution is -2.17. The van der Waals surface area contributed by atoms with Crippen molar-refractivity contribution in [1.29, 1.82) is 0 Å². The maximum absolute atomic E-state index is 13.9. The summed E-state index contributed by atoms with van der Waals surface area (Å²) in [5.74, 6) is -3.11. The van der Waals surface area contributed by atoms with E-state index in [1.165, 1.54) is 29.7 Å². The largest absolute Gasteiger partial charge is 0.326 e. The Bertz CT molecular complexity index is 751. The van der Waals surface area contributed by atoms with E-state index in [1.54, 1.807) is 5.38 Å². The molecule has 0 spiro atoms. The van der Waals surface area contributed by atoms with Crippen LogP contribution in [-0.2, 0) is 14.8 Å². The molecule has 0 saturated carbocycles. The lowest BCUT2D eigenvalue weighted by molar-refractivity contribution is -0.114. The molecule has 1 aromatic carbocycles. The van der Waals surface area contributed by atoms with Gasteiger partial charge in [0.1, 0.15) is 11.6 Å². The topological polar surface area (TPSA) is 75.3 Å². The van der Waals surface area contributed by atoms with E-state index in [9.17, 15) is 22.0 Å².